The van der Waals surface area contributed by atoms with E-state index in [-0.39, 0.29) is 5.56 Å². The number of nitrogens with zero attached hydrogens (tertiary/aromatic N) is 2. The third-order valence-electron chi connectivity index (χ3n) is 2.73. The van der Waals surface area contributed by atoms with Gasteiger partial charge in [0.2, 0.25) is 0 Å². The maximum absolute atomic E-state index is 12.1. The molecule has 1 heterocycles. The summed E-state index contributed by atoms with van der Waals surface area (Å²) in [5, 5.41) is 0.706. The second-order valence-electron chi connectivity index (χ2n) is 4.18. The lowest BCUT2D eigenvalue weighted by Gasteiger charge is -2.07. The standard InChI is InChI=1S/C13H15IN2O/c1-10(14)5-4-8-16-9-15-12-7-3-2-6-11(12)13(16)17/h2-3,6-7,9-10H,4-5,8H2,1H3. The molecular weight excluding hydrogens is 327 g/mol. The van der Waals surface area contributed by atoms with Crippen LogP contribution >= 0.6 is 22.6 Å². The Labute approximate surface area is 114 Å². The van der Waals surface area contributed by atoms with Crippen molar-refractivity contribution in [3.05, 3.63) is 40.9 Å². The Morgan fingerprint density at radius 2 is 2.18 bits per heavy atom. The topological polar surface area (TPSA) is 34.9 Å². The molecular formula is C13H15IN2O. The zero-order valence-corrected chi connectivity index (χ0v) is 11.9. The van der Waals surface area contributed by atoms with Crippen LogP contribution in [0, 0.1) is 0 Å². The van der Waals surface area contributed by atoms with Crippen LogP contribution in [0.15, 0.2) is 35.4 Å². The average Bonchev–Trinajstić information content (AvgIpc) is 2.32. The molecule has 0 radical (unpaired) electrons. The van der Waals surface area contributed by atoms with Crippen LogP contribution in [-0.4, -0.2) is 13.5 Å². The highest BCUT2D eigenvalue weighted by atomic mass is 127. The van der Waals surface area contributed by atoms with Crippen LogP contribution in [0.3, 0.4) is 0 Å². The Balaban J connectivity index is 2.24. The monoisotopic (exact) mass is 342 g/mol. The number of fused-ring (bicyclic) bond motifs is 1. The summed E-state index contributed by atoms with van der Waals surface area (Å²) in [6.07, 6.45) is 3.80. The molecule has 0 amide bonds. The largest absolute Gasteiger partial charge is 0.299 e. The number of aryl methyl sites for hydroxylation is 1. The van der Waals surface area contributed by atoms with Crippen LogP contribution in [0.25, 0.3) is 10.9 Å². The number of hydrogen-bond acceptors (Lipinski definition) is 2. The van der Waals surface area contributed by atoms with Crippen molar-refractivity contribution in [2.75, 3.05) is 0 Å². The Morgan fingerprint density at radius 3 is 2.94 bits per heavy atom. The smallest absolute Gasteiger partial charge is 0.261 e. The fraction of sp³-hybridized carbons (Fsp3) is 0.385. The van der Waals surface area contributed by atoms with E-state index in [1.165, 1.54) is 0 Å². The molecule has 0 bridgehead atoms. The quantitative estimate of drug-likeness (QED) is 0.632. The van der Waals surface area contributed by atoms with Crippen molar-refractivity contribution in [1.29, 1.82) is 0 Å². The van der Waals surface area contributed by atoms with E-state index in [0.29, 0.717) is 9.31 Å². The summed E-state index contributed by atoms with van der Waals surface area (Å²) < 4.78 is 2.36. The molecule has 1 atom stereocenters. The van der Waals surface area contributed by atoms with Crippen LogP contribution in [0.5, 0.6) is 0 Å². The van der Waals surface area contributed by atoms with Gasteiger partial charge in [-0.3, -0.25) is 9.36 Å². The van der Waals surface area contributed by atoms with Gasteiger partial charge in [-0.05, 0) is 25.0 Å². The summed E-state index contributed by atoms with van der Waals surface area (Å²) in [5.41, 5.74) is 0.840. The van der Waals surface area contributed by atoms with Gasteiger partial charge in [0.05, 0.1) is 17.2 Å². The molecule has 0 saturated carbocycles. The van der Waals surface area contributed by atoms with E-state index in [1.54, 1.807) is 10.9 Å². The maximum Gasteiger partial charge on any atom is 0.261 e. The summed E-state index contributed by atoms with van der Waals surface area (Å²) in [4.78, 5) is 16.4. The summed E-state index contributed by atoms with van der Waals surface area (Å²) in [6.45, 7) is 2.94. The first kappa shape index (κ1) is 12.5. The second-order valence-corrected chi connectivity index (χ2v) is 6.31. The lowest BCUT2D eigenvalue weighted by molar-refractivity contribution is 0.593. The van der Waals surface area contributed by atoms with Crippen molar-refractivity contribution in [2.45, 2.75) is 30.2 Å². The summed E-state index contributed by atoms with van der Waals surface area (Å²) >= 11 is 2.41. The van der Waals surface area contributed by atoms with Gasteiger partial charge in [0.15, 0.2) is 0 Å². The van der Waals surface area contributed by atoms with Crippen molar-refractivity contribution in [3.63, 3.8) is 0 Å². The Morgan fingerprint density at radius 1 is 1.41 bits per heavy atom. The molecule has 0 saturated heterocycles. The summed E-state index contributed by atoms with van der Waals surface area (Å²) in [5.74, 6) is 0. The molecule has 0 spiro atoms. The van der Waals surface area contributed by atoms with Gasteiger partial charge in [-0.15, -0.1) is 0 Å². The van der Waals surface area contributed by atoms with Crippen LogP contribution in [0.2, 0.25) is 0 Å². The summed E-state index contributed by atoms with van der Waals surface area (Å²) in [6, 6.07) is 7.48. The molecule has 0 N–H and O–H groups in total. The first-order chi connectivity index (χ1) is 8.18. The molecule has 4 heteroatoms. The van der Waals surface area contributed by atoms with Gasteiger partial charge in [-0.25, -0.2) is 4.98 Å². The van der Waals surface area contributed by atoms with Gasteiger partial charge < -0.3 is 0 Å². The van der Waals surface area contributed by atoms with Crippen molar-refractivity contribution in [1.82, 2.24) is 9.55 Å². The van der Waals surface area contributed by atoms with Crippen molar-refractivity contribution >= 4 is 33.5 Å². The number of hydrogen-bond donors (Lipinski definition) is 0. The number of alkyl halides is 1. The van der Waals surface area contributed by atoms with E-state index in [2.05, 4.69) is 34.5 Å². The van der Waals surface area contributed by atoms with E-state index in [0.717, 1.165) is 24.9 Å². The Kier molecular flexibility index (Phi) is 4.15. The van der Waals surface area contributed by atoms with Crippen LogP contribution in [0.4, 0.5) is 0 Å². The SMILES string of the molecule is CC(I)CCCn1cnc2ccccc2c1=O. The molecule has 1 unspecified atom stereocenters. The molecule has 0 aliphatic rings. The highest BCUT2D eigenvalue weighted by Gasteiger charge is 2.03. The molecule has 1 aromatic carbocycles. The Hall–Kier alpha value is -0.910. The predicted molar refractivity (Wildman–Crippen MR) is 78.7 cm³/mol. The minimum absolute atomic E-state index is 0.0664. The van der Waals surface area contributed by atoms with Crippen LogP contribution in [0.1, 0.15) is 19.8 Å². The number of aromatic nitrogens is 2. The molecule has 0 fully saturated rings. The number of rotatable bonds is 4. The lowest BCUT2D eigenvalue weighted by Crippen LogP contribution is -2.20. The molecule has 17 heavy (non-hydrogen) atoms. The van der Waals surface area contributed by atoms with Crippen LogP contribution in [-0.2, 0) is 6.54 Å². The van der Waals surface area contributed by atoms with E-state index in [4.69, 9.17) is 0 Å². The molecule has 2 rings (SSSR count). The van der Waals surface area contributed by atoms with Crippen molar-refractivity contribution in [3.8, 4) is 0 Å². The molecule has 3 nitrogen and oxygen atoms in total. The van der Waals surface area contributed by atoms with Crippen molar-refractivity contribution in [2.24, 2.45) is 0 Å². The second kappa shape index (κ2) is 5.62. The van der Waals surface area contributed by atoms with Gasteiger partial charge in [-0.2, -0.15) is 0 Å². The highest BCUT2D eigenvalue weighted by molar-refractivity contribution is 14.1. The van der Waals surface area contributed by atoms with Gasteiger partial charge >= 0.3 is 0 Å². The fourth-order valence-corrected chi connectivity index (χ4v) is 2.25. The van der Waals surface area contributed by atoms with Gasteiger partial charge in [0.1, 0.15) is 0 Å². The Bertz CT molecular complexity index is 563. The van der Waals surface area contributed by atoms with E-state index in [1.807, 2.05) is 24.3 Å². The van der Waals surface area contributed by atoms with Gasteiger partial charge in [0, 0.05) is 10.5 Å². The zero-order valence-electron chi connectivity index (χ0n) is 9.77. The highest BCUT2D eigenvalue weighted by Crippen LogP contribution is 2.09. The first-order valence-corrected chi connectivity index (χ1v) is 7.01. The zero-order chi connectivity index (χ0) is 12.3. The number of halogens is 1. The third kappa shape index (κ3) is 3.06. The van der Waals surface area contributed by atoms with Crippen LogP contribution < -0.4 is 5.56 Å². The average molecular weight is 342 g/mol. The minimum atomic E-state index is 0.0664. The fourth-order valence-electron chi connectivity index (χ4n) is 1.81. The number of para-hydroxylation sites is 1. The maximum atomic E-state index is 12.1. The van der Waals surface area contributed by atoms with E-state index >= 15 is 0 Å². The predicted octanol–water partition coefficient (Wildman–Crippen LogP) is 3.00. The third-order valence-corrected chi connectivity index (χ3v) is 3.36. The molecule has 0 aliphatic heterocycles. The summed E-state index contributed by atoms with van der Waals surface area (Å²) in [7, 11) is 0. The van der Waals surface area contributed by atoms with Gasteiger partial charge in [-0.1, -0.05) is 41.6 Å². The van der Waals surface area contributed by atoms with E-state index in [9.17, 15) is 4.79 Å². The first-order valence-electron chi connectivity index (χ1n) is 5.77. The van der Waals surface area contributed by atoms with Gasteiger partial charge in [0.25, 0.3) is 5.56 Å². The number of benzene rings is 1. The van der Waals surface area contributed by atoms with Crippen molar-refractivity contribution < 1.29 is 0 Å². The van der Waals surface area contributed by atoms with E-state index < -0.39 is 0 Å². The lowest BCUT2D eigenvalue weighted by atomic mass is 10.2. The molecule has 2 aromatic rings. The molecule has 90 valence electrons. The molecule has 0 aliphatic carbocycles. The minimum Gasteiger partial charge on any atom is -0.299 e. The normalized spacial score (nSPS) is 12.8. The molecule has 1 aromatic heterocycles.